The Morgan fingerprint density at radius 1 is 0.303 bits per heavy atom. The average Bonchev–Trinajstić information content (AvgIpc) is 3.31. The summed E-state index contributed by atoms with van der Waals surface area (Å²) in [5, 5.41) is 0. The highest BCUT2D eigenvalue weighted by Crippen LogP contribution is 2.16. The molecular formula is C60H110O6. The first-order valence-corrected chi connectivity index (χ1v) is 29.0. The van der Waals surface area contributed by atoms with E-state index in [0.717, 1.165) is 83.5 Å². The van der Waals surface area contributed by atoms with E-state index >= 15 is 0 Å². The topological polar surface area (TPSA) is 78.9 Å². The van der Waals surface area contributed by atoms with Crippen molar-refractivity contribution in [1.82, 2.24) is 0 Å². The zero-order valence-corrected chi connectivity index (χ0v) is 44.2. The predicted octanol–water partition coefficient (Wildman–Crippen LogP) is 19.3. The lowest BCUT2D eigenvalue weighted by Gasteiger charge is -2.18. The second-order valence-electron chi connectivity index (χ2n) is 19.6. The summed E-state index contributed by atoms with van der Waals surface area (Å²) >= 11 is 0. The summed E-state index contributed by atoms with van der Waals surface area (Å²) in [5.41, 5.74) is 0. The summed E-state index contributed by atoms with van der Waals surface area (Å²) in [6.07, 6.45) is 65.9. The number of hydrogen-bond acceptors (Lipinski definition) is 6. The van der Waals surface area contributed by atoms with Crippen molar-refractivity contribution in [3.05, 3.63) is 36.5 Å². The maximum Gasteiger partial charge on any atom is 0.306 e. The molecule has 0 N–H and O–H groups in total. The number of hydrogen-bond donors (Lipinski definition) is 0. The van der Waals surface area contributed by atoms with Gasteiger partial charge in [0.15, 0.2) is 6.10 Å². The van der Waals surface area contributed by atoms with Crippen molar-refractivity contribution in [2.24, 2.45) is 0 Å². The van der Waals surface area contributed by atoms with E-state index < -0.39 is 6.10 Å². The van der Waals surface area contributed by atoms with Gasteiger partial charge < -0.3 is 14.2 Å². The van der Waals surface area contributed by atoms with Crippen LogP contribution >= 0.6 is 0 Å². The van der Waals surface area contributed by atoms with Crippen LogP contribution in [0.25, 0.3) is 0 Å². The number of ether oxygens (including phenoxy) is 3. The van der Waals surface area contributed by atoms with E-state index in [-0.39, 0.29) is 31.1 Å². The average molecular weight is 928 g/mol. The minimum atomic E-state index is -0.774. The molecule has 1 atom stereocenters. The van der Waals surface area contributed by atoms with E-state index in [2.05, 4.69) is 57.2 Å². The molecule has 0 bridgehead atoms. The molecule has 386 valence electrons. The van der Waals surface area contributed by atoms with Crippen LogP contribution in [-0.4, -0.2) is 37.2 Å². The summed E-state index contributed by atoms with van der Waals surface area (Å²) in [7, 11) is 0. The Hall–Kier alpha value is -2.37. The molecule has 6 heteroatoms. The molecule has 0 aromatic carbocycles. The van der Waals surface area contributed by atoms with Crippen molar-refractivity contribution in [2.45, 2.75) is 316 Å². The van der Waals surface area contributed by atoms with Crippen molar-refractivity contribution in [1.29, 1.82) is 0 Å². The van der Waals surface area contributed by atoms with Gasteiger partial charge in [0.25, 0.3) is 0 Å². The summed E-state index contributed by atoms with van der Waals surface area (Å²) in [4.78, 5) is 37.9. The fourth-order valence-electron chi connectivity index (χ4n) is 8.47. The van der Waals surface area contributed by atoms with Crippen molar-refractivity contribution >= 4 is 17.9 Å². The van der Waals surface area contributed by atoms with Crippen molar-refractivity contribution < 1.29 is 28.6 Å². The Morgan fingerprint density at radius 3 is 0.864 bits per heavy atom. The van der Waals surface area contributed by atoms with Crippen LogP contribution in [0.3, 0.4) is 0 Å². The molecule has 0 heterocycles. The number of allylic oxidation sites excluding steroid dienone is 6. The van der Waals surface area contributed by atoms with E-state index in [0.29, 0.717) is 19.3 Å². The van der Waals surface area contributed by atoms with E-state index in [1.807, 2.05) is 0 Å². The van der Waals surface area contributed by atoms with Crippen LogP contribution in [0, 0.1) is 0 Å². The minimum Gasteiger partial charge on any atom is -0.462 e. The Morgan fingerprint density at radius 2 is 0.545 bits per heavy atom. The molecule has 0 saturated heterocycles. The highest BCUT2D eigenvalue weighted by Gasteiger charge is 2.19. The third kappa shape index (κ3) is 52.6. The zero-order chi connectivity index (χ0) is 47.9. The molecule has 0 aromatic rings. The van der Waals surface area contributed by atoms with Crippen molar-refractivity contribution in [2.75, 3.05) is 13.2 Å². The van der Waals surface area contributed by atoms with Gasteiger partial charge in [0.05, 0.1) is 0 Å². The quantitative estimate of drug-likeness (QED) is 0.0262. The van der Waals surface area contributed by atoms with Crippen LogP contribution in [0.5, 0.6) is 0 Å². The smallest absolute Gasteiger partial charge is 0.306 e. The molecular weight excluding hydrogens is 817 g/mol. The first kappa shape index (κ1) is 63.6. The third-order valence-electron chi connectivity index (χ3n) is 12.9. The van der Waals surface area contributed by atoms with Gasteiger partial charge in [-0.2, -0.15) is 0 Å². The third-order valence-corrected chi connectivity index (χ3v) is 12.9. The summed E-state index contributed by atoms with van der Waals surface area (Å²) in [5.74, 6) is -0.882. The Kier molecular flexibility index (Phi) is 53.2. The van der Waals surface area contributed by atoms with Gasteiger partial charge in [-0.1, -0.05) is 250 Å². The van der Waals surface area contributed by atoms with Crippen LogP contribution in [0.1, 0.15) is 310 Å². The number of esters is 3. The van der Waals surface area contributed by atoms with Gasteiger partial charge in [-0.05, 0) is 77.0 Å². The molecule has 0 fully saturated rings. The molecule has 0 rings (SSSR count). The molecule has 0 saturated carbocycles. The number of rotatable bonds is 53. The molecule has 0 amide bonds. The molecule has 0 aliphatic rings. The van der Waals surface area contributed by atoms with Crippen molar-refractivity contribution in [3.8, 4) is 0 Å². The number of carbonyl (C=O) groups is 3. The largest absolute Gasteiger partial charge is 0.462 e. The Bertz CT molecular complexity index is 1110. The van der Waals surface area contributed by atoms with Crippen LogP contribution in [-0.2, 0) is 28.6 Å². The van der Waals surface area contributed by atoms with Crippen LogP contribution in [0.15, 0.2) is 36.5 Å². The van der Waals surface area contributed by atoms with Gasteiger partial charge in [0, 0.05) is 19.3 Å². The molecule has 1 unspecified atom stereocenters. The van der Waals surface area contributed by atoms with Gasteiger partial charge in [-0.3, -0.25) is 14.4 Å². The standard InChI is InChI=1S/C60H110O6/c1-4-7-10-13-16-18-20-22-24-26-27-28-29-30-31-32-33-34-36-37-39-41-44-47-50-53-59(62)65-56-57(55-64-58(61)52-49-46-43-15-12-9-6-3)66-60(63)54-51-48-45-42-40-38-35-25-23-21-19-17-14-11-8-5-2/h19,21,25-27,35,57H,4-18,20,22-24,28-34,36-56H2,1-3H3/b21-19-,27-26-,35-25-. The minimum absolute atomic E-state index is 0.0751. The molecule has 66 heavy (non-hydrogen) atoms. The van der Waals surface area contributed by atoms with Crippen LogP contribution in [0.4, 0.5) is 0 Å². The summed E-state index contributed by atoms with van der Waals surface area (Å²) in [6, 6.07) is 0. The lowest BCUT2D eigenvalue weighted by Crippen LogP contribution is -2.30. The molecule has 0 aliphatic heterocycles. The van der Waals surface area contributed by atoms with Crippen LogP contribution in [0.2, 0.25) is 0 Å². The summed E-state index contributed by atoms with van der Waals surface area (Å²) < 4.78 is 16.8. The Balaban J connectivity index is 4.12. The van der Waals surface area contributed by atoms with Gasteiger partial charge in [0.2, 0.25) is 0 Å². The van der Waals surface area contributed by atoms with Gasteiger partial charge in [-0.25, -0.2) is 0 Å². The molecule has 0 radical (unpaired) electrons. The SMILES string of the molecule is CCCCCC/C=C\C/C=C\CCCCCCCC(=O)OC(COC(=O)CCCCCCCCC)COC(=O)CCCCCCCCCCCCCCC/C=C\CCCCCCCCCC. The van der Waals surface area contributed by atoms with Gasteiger partial charge in [0.1, 0.15) is 13.2 Å². The van der Waals surface area contributed by atoms with Crippen molar-refractivity contribution in [3.63, 3.8) is 0 Å². The second kappa shape index (κ2) is 55.2. The first-order valence-electron chi connectivity index (χ1n) is 29.0. The fourth-order valence-corrected chi connectivity index (χ4v) is 8.47. The lowest BCUT2D eigenvalue weighted by molar-refractivity contribution is -0.167. The lowest BCUT2D eigenvalue weighted by atomic mass is 10.0. The maximum atomic E-state index is 12.8. The van der Waals surface area contributed by atoms with Gasteiger partial charge in [-0.15, -0.1) is 0 Å². The normalized spacial score (nSPS) is 12.2. The predicted molar refractivity (Wildman–Crippen MR) is 284 cm³/mol. The van der Waals surface area contributed by atoms with E-state index in [4.69, 9.17) is 14.2 Å². The molecule has 0 aliphatic carbocycles. The second-order valence-corrected chi connectivity index (χ2v) is 19.6. The molecule has 6 nitrogen and oxygen atoms in total. The first-order chi connectivity index (χ1) is 32.5. The summed E-state index contributed by atoms with van der Waals surface area (Å²) in [6.45, 7) is 6.60. The number of carbonyl (C=O) groups excluding carboxylic acids is 3. The monoisotopic (exact) mass is 927 g/mol. The highest BCUT2D eigenvalue weighted by molar-refractivity contribution is 5.71. The Labute approximate surface area is 410 Å². The van der Waals surface area contributed by atoms with Gasteiger partial charge >= 0.3 is 17.9 Å². The van der Waals surface area contributed by atoms with E-state index in [9.17, 15) is 14.4 Å². The maximum absolute atomic E-state index is 12.8. The highest BCUT2D eigenvalue weighted by atomic mass is 16.6. The van der Waals surface area contributed by atoms with E-state index in [1.54, 1.807) is 0 Å². The number of unbranched alkanes of at least 4 members (excludes halogenated alkanes) is 36. The molecule has 0 spiro atoms. The van der Waals surface area contributed by atoms with Crippen LogP contribution < -0.4 is 0 Å². The van der Waals surface area contributed by atoms with E-state index in [1.165, 1.54) is 186 Å². The molecule has 0 aromatic heterocycles. The fraction of sp³-hybridized carbons (Fsp3) is 0.850. The zero-order valence-electron chi connectivity index (χ0n) is 44.2.